The summed E-state index contributed by atoms with van der Waals surface area (Å²) in [7, 11) is 1.71. The molecule has 0 aromatic carbocycles. The van der Waals surface area contributed by atoms with Crippen molar-refractivity contribution in [1.29, 1.82) is 0 Å². The van der Waals surface area contributed by atoms with Gasteiger partial charge in [-0.1, -0.05) is 0 Å². The number of hydrogen-bond donors (Lipinski definition) is 2. The molecule has 2 fully saturated rings. The average Bonchev–Trinajstić information content (AvgIpc) is 3.11. The number of morpholine rings is 1. The van der Waals surface area contributed by atoms with Gasteiger partial charge in [0.05, 0.1) is 18.2 Å². The van der Waals surface area contributed by atoms with E-state index in [0.717, 1.165) is 0 Å². The summed E-state index contributed by atoms with van der Waals surface area (Å²) in [6, 6.07) is 0.417. The predicted octanol–water partition coefficient (Wildman–Crippen LogP) is -0.837. The molecule has 3 atom stereocenters. The molecule has 5 rings (SSSR count). The molecule has 2 saturated heterocycles. The van der Waals surface area contributed by atoms with Crippen molar-refractivity contribution in [2.45, 2.75) is 38.5 Å². The Morgan fingerprint density at radius 2 is 1.93 bits per heavy atom. The van der Waals surface area contributed by atoms with E-state index in [2.05, 4.69) is 31.1 Å². The predicted molar refractivity (Wildman–Crippen MR) is 101 cm³/mol. The summed E-state index contributed by atoms with van der Waals surface area (Å²) in [5, 5.41) is 16.0. The second kappa shape index (κ2) is 6.29. The zero-order valence-corrected chi connectivity index (χ0v) is 16.6. The van der Waals surface area contributed by atoms with Crippen LogP contribution in [0.2, 0.25) is 0 Å². The second-order valence-corrected chi connectivity index (χ2v) is 7.97. The molecule has 2 aromatic heterocycles. The van der Waals surface area contributed by atoms with Crippen LogP contribution in [-0.4, -0.2) is 67.8 Å². The van der Waals surface area contributed by atoms with Gasteiger partial charge in [0, 0.05) is 31.8 Å². The molecule has 4 amide bonds. The number of imide groups is 2. The number of hydrogen-bond acceptors (Lipinski definition) is 9. The van der Waals surface area contributed by atoms with Crippen LogP contribution < -0.4 is 15.5 Å². The summed E-state index contributed by atoms with van der Waals surface area (Å²) in [4.78, 5) is 44.6. The van der Waals surface area contributed by atoms with Gasteiger partial charge in [-0.2, -0.15) is 0 Å². The van der Waals surface area contributed by atoms with Gasteiger partial charge in [0.25, 0.3) is 0 Å². The lowest BCUT2D eigenvalue weighted by Gasteiger charge is -2.54. The van der Waals surface area contributed by atoms with E-state index in [4.69, 9.17) is 4.74 Å². The Hall–Kier alpha value is -3.41. The molecule has 156 valence electrons. The fourth-order valence-electron chi connectivity index (χ4n) is 4.90. The number of barbiturate groups is 1. The lowest BCUT2D eigenvalue weighted by Crippen LogP contribution is -2.75. The van der Waals surface area contributed by atoms with Gasteiger partial charge in [-0.15, -0.1) is 5.10 Å². The van der Waals surface area contributed by atoms with Crippen LogP contribution >= 0.6 is 0 Å². The van der Waals surface area contributed by atoms with Gasteiger partial charge in [0.1, 0.15) is 5.82 Å². The van der Waals surface area contributed by atoms with Gasteiger partial charge in [0.2, 0.25) is 11.8 Å². The van der Waals surface area contributed by atoms with E-state index in [9.17, 15) is 14.4 Å². The Morgan fingerprint density at radius 3 is 2.60 bits per heavy atom. The van der Waals surface area contributed by atoms with Gasteiger partial charge in [0.15, 0.2) is 11.2 Å². The number of urea groups is 1. The van der Waals surface area contributed by atoms with Crippen LogP contribution in [0.5, 0.6) is 0 Å². The number of carbonyl (C=O) groups excluding carboxylic acids is 3. The maximum atomic E-state index is 13.1. The normalized spacial score (nSPS) is 27.4. The minimum Gasteiger partial charge on any atom is -0.372 e. The van der Waals surface area contributed by atoms with Gasteiger partial charge in [-0.3, -0.25) is 20.2 Å². The van der Waals surface area contributed by atoms with E-state index in [0.29, 0.717) is 29.3 Å². The van der Waals surface area contributed by atoms with Crippen LogP contribution in [0.15, 0.2) is 12.3 Å². The van der Waals surface area contributed by atoms with E-state index >= 15 is 0 Å². The number of aromatic nitrogens is 5. The first-order valence-corrected chi connectivity index (χ1v) is 9.62. The number of aryl methyl sites for hydroxylation is 1. The molecule has 12 nitrogen and oxygen atoms in total. The molecule has 0 saturated carbocycles. The van der Waals surface area contributed by atoms with Crippen molar-refractivity contribution in [1.82, 2.24) is 35.8 Å². The van der Waals surface area contributed by atoms with Crippen molar-refractivity contribution in [2.75, 3.05) is 11.4 Å². The molecule has 2 aromatic rings. The Balaban J connectivity index is 1.69. The average molecular weight is 412 g/mol. The molecule has 3 aliphatic rings. The summed E-state index contributed by atoms with van der Waals surface area (Å²) >= 11 is 0. The molecule has 0 radical (unpaired) electrons. The van der Waals surface area contributed by atoms with Crippen molar-refractivity contribution in [3.05, 3.63) is 17.8 Å². The molecular formula is C18H20N8O4. The molecular weight excluding hydrogens is 392 g/mol. The van der Waals surface area contributed by atoms with E-state index < -0.39 is 35.4 Å². The molecule has 3 aliphatic heterocycles. The van der Waals surface area contributed by atoms with Gasteiger partial charge in [-0.25, -0.2) is 14.5 Å². The molecule has 12 heteroatoms. The fraction of sp³-hybridized carbons (Fsp3) is 0.500. The molecule has 0 unspecified atom stereocenters. The highest BCUT2D eigenvalue weighted by Crippen LogP contribution is 2.46. The number of amides is 4. The summed E-state index contributed by atoms with van der Waals surface area (Å²) < 4.78 is 7.49. The number of anilines is 1. The van der Waals surface area contributed by atoms with E-state index in [1.807, 2.05) is 24.8 Å². The molecule has 1 spiro atoms. The Kier molecular flexibility index (Phi) is 3.90. The smallest absolute Gasteiger partial charge is 0.328 e. The number of tetrazole rings is 1. The van der Waals surface area contributed by atoms with E-state index in [-0.39, 0.29) is 12.5 Å². The highest BCUT2D eigenvalue weighted by molar-refractivity contribution is 6.20. The molecule has 2 N–H and O–H groups in total. The highest BCUT2D eigenvalue weighted by Gasteiger charge is 2.63. The van der Waals surface area contributed by atoms with Gasteiger partial charge in [-0.05, 0) is 35.9 Å². The second-order valence-electron chi connectivity index (χ2n) is 7.97. The van der Waals surface area contributed by atoms with E-state index in [1.54, 1.807) is 13.2 Å². The Morgan fingerprint density at radius 1 is 1.20 bits per heavy atom. The van der Waals surface area contributed by atoms with Crippen molar-refractivity contribution in [2.24, 2.45) is 12.5 Å². The Labute approximate surface area is 171 Å². The lowest BCUT2D eigenvalue weighted by molar-refractivity contribution is -0.153. The van der Waals surface area contributed by atoms with Crippen LogP contribution in [0.4, 0.5) is 10.6 Å². The topological polar surface area (TPSA) is 144 Å². The monoisotopic (exact) mass is 412 g/mol. The number of ether oxygens (including phenoxy) is 1. The van der Waals surface area contributed by atoms with Gasteiger partial charge >= 0.3 is 6.03 Å². The minimum absolute atomic E-state index is 0.0721. The van der Waals surface area contributed by atoms with Crippen molar-refractivity contribution >= 4 is 23.7 Å². The van der Waals surface area contributed by atoms with Crippen LogP contribution in [-0.2, 0) is 27.8 Å². The third-order valence-electron chi connectivity index (χ3n) is 6.01. The SMILES string of the molecule is C[C@H]1CN2c3ncc(-c4nnnn4C)cc3CC3(C(=O)NC(=O)NC3=O)[C@@H]2[C@@H](C)O1. The van der Waals surface area contributed by atoms with Crippen LogP contribution in [0.25, 0.3) is 11.4 Å². The van der Waals surface area contributed by atoms with Crippen LogP contribution in [0.1, 0.15) is 19.4 Å². The maximum absolute atomic E-state index is 13.1. The minimum atomic E-state index is -1.53. The Bertz CT molecular complexity index is 1060. The summed E-state index contributed by atoms with van der Waals surface area (Å²) in [6.07, 6.45) is 1.19. The number of rotatable bonds is 1. The number of fused-ring (bicyclic) bond motifs is 4. The zero-order chi connectivity index (χ0) is 21.2. The summed E-state index contributed by atoms with van der Waals surface area (Å²) in [5.74, 6) is -0.0674. The summed E-state index contributed by atoms with van der Waals surface area (Å²) in [5.41, 5.74) is -0.163. The third kappa shape index (κ3) is 2.46. The highest BCUT2D eigenvalue weighted by atomic mass is 16.5. The van der Waals surface area contributed by atoms with Crippen molar-refractivity contribution in [3.63, 3.8) is 0 Å². The number of pyridine rings is 1. The quantitative estimate of drug-likeness (QED) is 0.573. The maximum Gasteiger partial charge on any atom is 0.328 e. The largest absolute Gasteiger partial charge is 0.372 e. The first-order chi connectivity index (χ1) is 14.3. The molecule has 0 aliphatic carbocycles. The molecule has 30 heavy (non-hydrogen) atoms. The standard InChI is InChI=1S/C18H20N8O4/c1-8-7-26-12(9(2)30-8)18(15(27)20-17(29)21-16(18)28)5-10-4-11(6-19-13(10)26)14-22-23-24-25(14)3/h4,6,8-9,12H,5,7H2,1-3H3,(H2,20,21,27,28,29)/t8-,9+,12-/m0/s1. The fourth-order valence-corrected chi connectivity index (χ4v) is 4.90. The number of nitrogens with zero attached hydrogens (tertiary/aromatic N) is 6. The van der Waals surface area contributed by atoms with E-state index in [1.165, 1.54) is 4.68 Å². The molecule has 5 heterocycles. The number of carbonyl (C=O) groups is 3. The molecule has 0 bridgehead atoms. The zero-order valence-electron chi connectivity index (χ0n) is 16.6. The lowest BCUT2D eigenvalue weighted by atomic mass is 9.67. The first kappa shape index (κ1) is 18.6. The third-order valence-corrected chi connectivity index (χ3v) is 6.01. The van der Waals surface area contributed by atoms with Gasteiger partial charge < -0.3 is 9.64 Å². The summed E-state index contributed by atoms with van der Waals surface area (Å²) in [6.45, 7) is 4.21. The van der Waals surface area contributed by atoms with Crippen LogP contribution in [0, 0.1) is 5.41 Å². The van der Waals surface area contributed by atoms with Crippen molar-refractivity contribution in [3.8, 4) is 11.4 Å². The first-order valence-electron chi connectivity index (χ1n) is 9.62. The number of nitrogens with one attached hydrogen (secondary N) is 2. The van der Waals surface area contributed by atoms with Crippen LogP contribution in [0.3, 0.4) is 0 Å². The van der Waals surface area contributed by atoms with Crippen molar-refractivity contribution < 1.29 is 19.1 Å².